The van der Waals surface area contributed by atoms with Gasteiger partial charge in [-0.2, -0.15) is 5.10 Å². The van der Waals surface area contributed by atoms with Gasteiger partial charge in [0.2, 0.25) is 5.88 Å². The second-order valence-electron chi connectivity index (χ2n) is 4.52. The highest BCUT2D eigenvalue weighted by atomic mass is 16.5. The number of H-pyrrole nitrogens is 1. The first-order chi connectivity index (χ1) is 9.85. The zero-order valence-corrected chi connectivity index (χ0v) is 11.1. The Hall–Kier alpha value is -2.22. The van der Waals surface area contributed by atoms with Crippen LogP contribution in [0.5, 0.6) is 5.88 Å². The highest BCUT2D eigenvalue weighted by Crippen LogP contribution is 2.30. The number of nitrogens with zero attached hydrogens (tertiary/aromatic N) is 4. The number of hydrogen-bond donors (Lipinski definition) is 2. The van der Waals surface area contributed by atoms with Gasteiger partial charge in [0.05, 0.1) is 13.2 Å². The summed E-state index contributed by atoms with van der Waals surface area (Å²) in [5, 5.41) is 9.91. The molecule has 0 aliphatic carbocycles. The van der Waals surface area contributed by atoms with Crippen LogP contribution >= 0.6 is 0 Å². The summed E-state index contributed by atoms with van der Waals surface area (Å²) < 4.78 is 11.0. The lowest BCUT2D eigenvalue weighted by atomic mass is 10.2. The Balaban J connectivity index is 1.52. The quantitative estimate of drug-likeness (QED) is 0.838. The number of anilines is 1. The van der Waals surface area contributed by atoms with Gasteiger partial charge in [-0.3, -0.25) is 5.10 Å². The van der Waals surface area contributed by atoms with Gasteiger partial charge in [0, 0.05) is 12.6 Å². The van der Waals surface area contributed by atoms with Crippen molar-refractivity contribution in [1.82, 2.24) is 25.1 Å². The van der Waals surface area contributed by atoms with E-state index in [1.54, 1.807) is 13.2 Å². The molecule has 8 heteroatoms. The first-order valence-corrected chi connectivity index (χ1v) is 6.46. The van der Waals surface area contributed by atoms with E-state index in [0.29, 0.717) is 12.4 Å². The fourth-order valence-corrected chi connectivity index (χ4v) is 2.19. The Bertz CT molecular complexity index is 547. The summed E-state index contributed by atoms with van der Waals surface area (Å²) in [5.74, 6) is 2.05. The van der Waals surface area contributed by atoms with Crippen LogP contribution in [0.3, 0.4) is 0 Å². The van der Waals surface area contributed by atoms with Crippen molar-refractivity contribution < 1.29 is 9.47 Å². The smallest absolute Gasteiger partial charge is 0.218 e. The van der Waals surface area contributed by atoms with Crippen molar-refractivity contribution >= 4 is 5.82 Å². The second-order valence-corrected chi connectivity index (χ2v) is 4.52. The molecule has 1 aliphatic heterocycles. The molecule has 0 radical (unpaired) electrons. The minimum Gasteiger partial charge on any atom is -0.481 e. The van der Waals surface area contributed by atoms with Crippen LogP contribution in [0.25, 0.3) is 0 Å². The fraction of sp³-hybridized carbons (Fsp3) is 0.500. The second kappa shape index (κ2) is 5.83. The number of hydrogen-bond acceptors (Lipinski definition) is 7. The molecule has 3 heterocycles. The first-order valence-electron chi connectivity index (χ1n) is 6.46. The molecule has 20 heavy (non-hydrogen) atoms. The predicted octanol–water partition coefficient (Wildman–Crippen LogP) is 0.935. The topological polar surface area (TPSA) is 97.8 Å². The molecule has 106 valence electrons. The number of ether oxygens (including phenoxy) is 2. The summed E-state index contributed by atoms with van der Waals surface area (Å²) >= 11 is 0. The maximum atomic E-state index is 5.91. The summed E-state index contributed by atoms with van der Waals surface area (Å²) in [7, 11) is 1.58. The maximum Gasteiger partial charge on any atom is 0.218 e. The summed E-state index contributed by atoms with van der Waals surface area (Å²) in [6.45, 7) is 0.685. The van der Waals surface area contributed by atoms with Crippen LogP contribution in [0.15, 0.2) is 18.7 Å². The molecule has 1 fully saturated rings. The molecule has 0 spiro atoms. The standard InChI is InChI=1S/C12H16N6O2/c1-19-11-4-10(14-6-15-11)13-5-8-2-3-9(20-8)12-16-7-17-18-12/h4,6-9H,2-3,5H2,1H3,(H,13,14,15)(H,16,17,18)/t8-,9+/m1/s1. The highest BCUT2D eigenvalue weighted by Gasteiger charge is 2.28. The van der Waals surface area contributed by atoms with Crippen molar-refractivity contribution in [2.45, 2.75) is 25.0 Å². The lowest BCUT2D eigenvalue weighted by molar-refractivity contribution is 0.0472. The molecule has 1 saturated heterocycles. The average molecular weight is 276 g/mol. The summed E-state index contributed by atoms with van der Waals surface area (Å²) in [6.07, 6.45) is 5.01. The minimum absolute atomic E-state index is 0.00392. The molecule has 0 aromatic carbocycles. The monoisotopic (exact) mass is 276 g/mol. The van der Waals surface area contributed by atoms with E-state index in [4.69, 9.17) is 9.47 Å². The van der Waals surface area contributed by atoms with Crippen molar-refractivity contribution in [3.8, 4) is 5.88 Å². The maximum absolute atomic E-state index is 5.91. The van der Waals surface area contributed by atoms with Crippen LogP contribution in [-0.2, 0) is 4.74 Å². The molecule has 2 aromatic rings. The molecule has 0 amide bonds. The van der Waals surface area contributed by atoms with E-state index in [9.17, 15) is 0 Å². The van der Waals surface area contributed by atoms with Crippen LogP contribution < -0.4 is 10.1 Å². The van der Waals surface area contributed by atoms with Gasteiger partial charge in [0.15, 0.2) is 5.82 Å². The average Bonchev–Trinajstić information content (AvgIpc) is 3.16. The Morgan fingerprint density at radius 1 is 1.35 bits per heavy atom. The molecule has 1 aliphatic rings. The normalized spacial score (nSPS) is 21.9. The molecule has 0 unspecified atom stereocenters. The summed E-state index contributed by atoms with van der Waals surface area (Å²) in [6, 6.07) is 1.75. The van der Waals surface area contributed by atoms with Gasteiger partial charge in [0.25, 0.3) is 0 Å². The molecule has 2 N–H and O–H groups in total. The third kappa shape index (κ3) is 2.85. The van der Waals surface area contributed by atoms with Gasteiger partial charge in [-0.1, -0.05) is 0 Å². The van der Waals surface area contributed by atoms with Gasteiger partial charge in [-0.25, -0.2) is 15.0 Å². The van der Waals surface area contributed by atoms with E-state index in [0.717, 1.165) is 24.5 Å². The Morgan fingerprint density at radius 2 is 2.30 bits per heavy atom. The third-order valence-corrected chi connectivity index (χ3v) is 3.21. The SMILES string of the molecule is COc1cc(NC[C@H]2CC[C@@H](c3ncn[nH]3)O2)ncn1. The highest BCUT2D eigenvalue weighted by molar-refractivity contribution is 5.37. The van der Waals surface area contributed by atoms with Gasteiger partial charge in [0.1, 0.15) is 24.6 Å². The van der Waals surface area contributed by atoms with Crippen LogP contribution in [-0.4, -0.2) is 44.9 Å². The Labute approximate surface area is 116 Å². The van der Waals surface area contributed by atoms with Gasteiger partial charge < -0.3 is 14.8 Å². The molecular weight excluding hydrogens is 260 g/mol. The number of aromatic amines is 1. The van der Waals surface area contributed by atoms with E-state index in [1.807, 2.05) is 0 Å². The first kappa shape index (κ1) is 12.8. The Kier molecular flexibility index (Phi) is 3.73. The van der Waals surface area contributed by atoms with E-state index >= 15 is 0 Å². The number of nitrogens with one attached hydrogen (secondary N) is 2. The van der Waals surface area contributed by atoms with Crippen molar-refractivity contribution in [1.29, 1.82) is 0 Å². The molecular formula is C12H16N6O2. The van der Waals surface area contributed by atoms with E-state index < -0.39 is 0 Å². The summed E-state index contributed by atoms with van der Waals surface area (Å²) in [4.78, 5) is 12.2. The fourth-order valence-electron chi connectivity index (χ4n) is 2.19. The van der Waals surface area contributed by atoms with Crippen molar-refractivity contribution in [3.05, 3.63) is 24.5 Å². The number of methoxy groups -OCH3 is 1. The van der Waals surface area contributed by atoms with E-state index in [-0.39, 0.29) is 12.2 Å². The molecule has 0 saturated carbocycles. The van der Waals surface area contributed by atoms with Crippen LogP contribution in [0.1, 0.15) is 24.8 Å². The van der Waals surface area contributed by atoms with Crippen LogP contribution in [0, 0.1) is 0 Å². The van der Waals surface area contributed by atoms with Crippen molar-refractivity contribution in [2.75, 3.05) is 19.0 Å². The molecule has 3 rings (SSSR count). The number of aromatic nitrogens is 5. The molecule has 8 nitrogen and oxygen atoms in total. The van der Waals surface area contributed by atoms with Crippen molar-refractivity contribution in [2.24, 2.45) is 0 Å². The third-order valence-electron chi connectivity index (χ3n) is 3.21. The van der Waals surface area contributed by atoms with Gasteiger partial charge in [-0.05, 0) is 12.8 Å². The zero-order valence-electron chi connectivity index (χ0n) is 11.1. The lowest BCUT2D eigenvalue weighted by Crippen LogP contribution is -2.19. The minimum atomic E-state index is 0.00392. The van der Waals surface area contributed by atoms with Gasteiger partial charge in [-0.15, -0.1) is 0 Å². The van der Waals surface area contributed by atoms with Crippen LogP contribution in [0.4, 0.5) is 5.82 Å². The van der Waals surface area contributed by atoms with Crippen molar-refractivity contribution in [3.63, 3.8) is 0 Å². The van der Waals surface area contributed by atoms with E-state index in [1.165, 1.54) is 12.7 Å². The molecule has 2 atom stereocenters. The zero-order chi connectivity index (χ0) is 13.8. The molecule has 0 bridgehead atoms. The predicted molar refractivity (Wildman–Crippen MR) is 70.3 cm³/mol. The lowest BCUT2D eigenvalue weighted by Gasteiger charge is -2.13. The molecule has 2 aromatic heterocycles. The summed E-state index contributed by atoms with van der Waals surface area (Å²) in [5.41, 5.74) is 0. The van der Waals surface area contributed by atoms with E-state index in [2.05, 4.69) is 30.5 Å². The Morgan fingerprint density at radius 3 is 3.10 bits per heavy atom. The largest absolute Gasteiger partial charge is 0.481 e. The number of rotatable bonds is 5. The van der Waals surface area contributed by atoms with Gasteiger partial charge >= 0.3 is 0 Å². The van der Waals surface area contributed by atoms with Crippen LogP contribution in [0.2, 0.25) is 0 Å².